The maximum Gasteiger partial charge on any atom is 0.246 e. The predicted octanol–water partition coefficient (Wildman–Crippen LogP) is 3.60. The summed E-state index contributed by atoms with van der Waals surface area (Å²) in [5.41, 5.74) is 5.61. The van der Waals surface area contributed by atoms with Crippen molar-refractivity contribution >= 4 is 50.2 Å². The topological polar surface area (TPSA) is 63.4 Å². The number of thiophene rings is 1. The normalized spacial score (nSPS) is 12.0. The minimum absolute atomic E-state index is 0.0750. The van der Waals surface area contributed by atoms with Gasteiger partial charge in [0.25, 0.3) is 0 Å². The Kier molecular flexibility index (Phi) is 4.79. The molecule has 21 heavy (non-hydrogen) atoms. The molecule has 0 spiro atoms. The van der Waals surface area contributed by atoms with Crippen LogP contribution < -0.4 is 5.73 Å². The molecule has 1 aromatic heterocycles. The molecule has 0 amide bonds. The molecule has 1 aromatic carbocycles. The smallest absolute Gasteiger partial charge is 0.246 e. The van der Waals surface area contributed by atoms with Crippen LogP contribution in [0.25, 0.3) is 0 Å². The van der Waals surface area contributed by atoms with Crippen molar-refractivity contribution in [1.29, 1.82) is 0 Å². The Morgan fingerprint density at radius 2 is 2.00 bits per heavy atom. The summed E-state index contributed by atoms with van der Waals surface area (Å²) in [4.78, 5) is 0.194. The van der Waals surface area contributed by atoms with Gasteiger partial charge in [-0.2, -0.15) is 4.31 Å². The third-order valence-electron chi connectivity index (χ3n) is 2.71. The molecule has 0 radical (unpaired) electrons. The van der Waals surface area contributed by atoms with E-state index in [1.54, 1.807) is 12.1 Å². The lowest BCUT2D eigenvalue weighted by Gasteiger charge is -2.17. The molecule has 0 fully saturated rings. The van der Waals surface area contributed by atoms with Crippen LogP contribution in [0.1, 0.15) is 4.88 Å². The molecule has 2 aromatic rings. The first-order valence-electron chi connectivity index (χ1n) is 5.67. The van der Waals surface area contributed by atoms with Crippen LogP contribution in [0, 0.1) is 5.82 Å². The first-order valence-corrected chi connectivity index (χ1v) is 8.68. The van der Waals surface area contributed by atoms with Crippen LogP contribution in [0.3, 0.4) is 0 Å². The molecule has 114 valence electrons. The van der Waals surface area contributed by atoms with E-state index in [0.29, 0.717) is 4.34 Å². The van der Waals surface area contributed by atoms with Crippen LogP contribution in [0.5, 0.6) is 0 Å². The van der Waals surface area contributed by atoms with Gasteiger partial charge in [0.15, 0.2) is 5.82 Å². The van der Waals surface area contributed by atoms with E-state index in [-0.39, 0.29) is 17.3 Å². The van der Waals surface area contributed by atoms with Crippen LogP contribution in [0.4, 0.5) is 10.1 Å². The summed E-state index contributed by atoms with van der Waals surface area (Å²) in [5.74, 6) is -1.01. The van der Waals surface area contributed by atoms with Crippen LogP contribution in [-0.4, -0.2) is 19.8 Å². The molecular formula is C12H11Cl2FN2O2S2. The second-order valence-corrected chi connectivity index (χ2v) is 8.50. The molecule has 0 atom stereocenters. The fourth-order valence-electron chi connectivity index (χ4n) is 1.68. The SMILES string of the molecule is CN(Cc1ccc(Cl)s1)S(=O)(=O)c1cc(N)cc(Cl)c1F. The third kappa shape index (κ3) is 3.49. The Labute approximate surface area is 135 Å². The van der Waals surface area contributed by atoms with Crippen molar-refractivity contribution in [3.63, 3.8) is 0 Å². The molecule has 0 aliphatic rings. The molecule has 1 heterocycles. The minimum Gasteiger partial charge on any atom is -0.399 e. The third-order valence-corrected chi connectivity index (χ3v) is 6.01. The van der Waals surface area contributed by atoms with E-state index >= 15 is 0 Å². The van der Waals surface area contributed by atoms with Crippen molar-refractivity contribution < 1.29 is 12.8 Å². The van der Waals surface area contributed by atoms with Gasteiger partial charge in [0.2, 0.25) is 10.0 Å². The van der Waals surface area contributed by atoms with Crippen molar-refractivity contribution in [2.75, 3.05) is 12.8 Å². The molecule has 2 N–H and O–H groups in total. The number of nitrogens with two attached hydrogens (primary N) is 1. The number of sulfonamides is 1. The van der Waals surface area contributed by atoms with Crippen molar-refractivity contribution in [1.82, 2.24) is 4.31 Å². The Bertz CT molecular complexity index is 778. The van der Waals surface area contributed by atoms with Crippen LogP contribution in [0.2, 0.25) is 9.36 Å². The van der Waals surface area contributed by atoms with E-state index in [2.05, 4.69) is 0 Å². The molecule has 0 saturated carbocycles. The zero-order valence-corrected chi connectivity index (χ0v) is 14.0. The van der Waals surface area contributed by atoms with E-state index in [9.17, 15) is 12.8 Å². The molecule has 4 nitrogen and oxygen atoms in total. The van der Waals surface area contributed by atoms with Gasteiger partial charge in [0.1, 0.15) is 4.90 Å². The van der Waals surface area contributed by atoms with Gasteiger partial charge >= 0.3 is 0 Å². The Hall–Kier alpha value is -0.860. The number of nitrogens with zero attached hydrogens (tertiary/aromatic N) is 1. The van der Waals surface area contributed by atoms with Crippen molar-refractivity contribution in [2.24, 2.45) is 0 Å². The summed E-state index contributed by atoms with van der Waals surface area (Å²) in [7, 11) is -2.70. The van der Waals surface area contributed by atoms with Crippen LogP contribution in [-0.2, 0) is 16.6 Å². The zero-order chi connectivity index (χ0) is 15.8. The average Bonchev–Trinajstić information content (AvgIpc) is 2.79. The second kappa shape index (κ2) is 6.10. The van der Waals surface area contributed by atoms with E-state index in [0.717, 1.165) is 21.3 Å². The number of hydrogen-bond donors (Lipinski definition) is 1. The summed E-state index contributed by atoms with van der Waals surface area (Å²) in [5, 5.41) is -0.332. The first-order chi connectivity index (χ1) is 9.71. The fourth-order valence-corrected chi connectivity index (χ4v) is 4.45. The van der Waals surface area contributed by atoms with Crippen molar-refractivity contribution in [2.45, 2.75) is 11.4 Å². The second-order valence-electron chi connectivity index (χ2n) is 4.28. The molecule has 0 aliphatic heterocycles. The molecule has 9 heteroatoms. The average molecular weight is 369 g/mol. The van der Waals surface area contributed by atoms with Gasteiger partial charge in [-0.3, -0.25) is 0 Å². The highest BCUT2D eigenvalue weighted by molar-refractivity contribution is 7.89. The number of nitrogen functional groups attached to an aromatic ring is 1. The lowest BCUT2D eigenvalue weighted by atomic mass is 10.3. The maximum absolute atomic E-state index is 14.0. The van der Waals surface area contributed by atoms with Gasteiger partial charge < -0.3 is 5.73 Å². The summed E-state index contributed by atoms with van der Waals surface area (Å²) in [6, 6.07) is 5.59. The highest BCUT2D eigenvalue weighted by atomic mass is 35.5. The first kappa shape index (κ1) is 16.5. The van der Waals surface area contributed by atoms with Crippen molar-refractivity contribution in [3.8, 4) is 0 Å². The maximum atomic E-state index is 14.0. The predicted molar refractivity (Wildman–Crippen MR) is 83.8 cm³/mol. The van der Waals surface area contributed by atoms with Gasteiger partial charge in [-0.05, 0) is 24.3 Å². The van der Waals surface area contributed by atoms with Gasteiger partial charge in [0.05, 0.1) is 9.36 Å². The summed E-state index contributed by atoms with van der Waals surface area (Å²) >= 11 is 12.7. The van der Waals surface area contributed by atoms with Gasteiger partial charge in [-0.25, -0.2) is 12.8 Å². The Morgan fingerprint density at radius 3 is 2.57 bits per heavy atom. The number of halogens is 3. The summed E-state index contributed by atoms with van der Waals surface area (Å²) < 4.78 is 40.4. The van der Waals surface area contributed by atoms with Crippen LogP contribution >= 0.6 is 34.5 Å². The quantitative estimate of drug-likeness (QED) is 0.838. The molecule has 0 bridgehead atoms. The van der Waals surface area contributed by atoms with Gasteiger partial charge in [0, 0.05) is 24.2 Å². The van der Waals surface area contributed by atoms with Gasteiger partial charge in [-0.15, -0.1) is 11.3 Å². The zero-order valence-electron chi connectivity index (χ0n) is 10.8. The van der Waals surface area contributed by atoms with Crippen LogP contribution in [0.15, 0.2) is 29.2 Å². The number of rotatable bonds is 4. The monoisotopic (exact) mass is 368 g/mol. The highest BCUT2D eigenvalue weighted by Crippen LogP contribution is 2.29. The Morgan fingerprint density at radius 1 is 1.33 bits per heavy atom. The highest BCUT2D eigenvalue weighted by Gasteiger charge is 2.27. The Balaban J connectivity index is 2.37. The summed E-state index contributed by atoms with van der Waals surface area (Å²) in [6.45, 7) is 0.0750. The number of benzene rings is 1. The lowest BCUT2D eigenvalue weighted by Crippen LogP contribution is -2.27. The molecule has 0 saturated heterocycles. The molecule has 0 aliphatic carbocycles. The standard InChI is InChI=1S/C12H11Cl2FN2O2S2/c1-17(6-8-2-3-11(14)20-8)21(18,19)10-5-7(16)4-9(13)12(10)15/h2-5H,6,16H2,1H3. The van der Waals surface area contributed by atoms with Gasteiger partial charge in [-0.1, -0.05) is 23.2 Å². The number of hydrogen-bond acceptors (Lipinski definition) is 4. The molecule has 0 unspecified atom stereocenters. The summed E-state index contributed by atoms with van der Waals surface area (Å²) in [6.07, 6.45) is 0. The molecular weight excluding hydrogens is 358 g/mol. The lowest BCUT2D eigenvalue weighted by molar-refractivity contribution is 0.462. The van der Waals surface area contributed by atoms with E-state index < -0.39 is 20.7 Å². The number of anilines is 1. The molecule has 2 rings (SSSR count). The largest absolute Gasteiger partial charge is 0.399 e. The van der Waals surface area contributed by atoms with E-state index in [1.165, 1.54) is 18.4 Å². The van der Waals surface area contributed by atoms with E-state index in [1.807, 2.05) is 0 Å². The van der Waals surface area contributed by atoms with E-state index in [4.69, 9.17) is 28.9 Å². The van der Waals surface area contributed by atoms with Crippen molar-refractivity contribution in [3.05, 3.63) is 44.3 Å². The minimum atomic E-state index is -4.05. The fraction of sp³-hybridized carbons (Fsp3) is 0.167.